The third kappa shape index (κ3) is 7.17. The molecule has 0 nitrogen and oxygen atoms in total. The van der Waals surface area contributed by atoms with Crippen LogP contribution in [0.1, 0.15) is 11.1 Å². The summed E-state index contributed by atoms with van der Waals surface area (Å²) < 4.78 is -4.50. The molecule has 0 atom stereocenters. The average Bonchev–Trinajstić information content (AvgIpc) is 2.04. The fourth-order valence-electron chi connectivity index (χ4n) is 1.11. The maximum Gasteiger partial charge on any atom is 0.0474 e. The lowest BCUT2D eigenvalue weighted by Crippen LogP contribution is -2.01. The Bertz CT molecular complexity index is 367. The first-order chi connectivity index (χ1) is 6.99. The Morgan fingerprint density at radius 3 is 1.69 bits per heavy atom. The monoisotopic (exact) mass is 378 g/mol. The molecule has 0 saturated carbocycles. The van der Waals surface area contributed by atoms with E-state index in [0.717, 1.165) is 16.9 Å². The molecule has 1 aromatic carbocycles. The van der Waals surface area contributed by atoms with Gasteiger partial charge in [-0.05, 0) is 75.2 Å². The predicted molar refractivity (Wildman–Crippen MR) is 84.2 cm³/mol. The summed E-state index contributed by atoms with van der Waals surface area (Å²) in [6.07, 6.45) is 0. The molecule has 0 aliphatic heterocycles. The smallest absolute Gasteiger partial charge is 0.0474 e. The fourth-order valence-corrected chi connectivity index (χ4v) is 4.52. The fraction of sp³-hybridized carbons (Fsp3) is 0.250. The maximum atomic E-state index is 5.83. The minimum atomic E-state index is -4.50. The first kappa shape index (κ1) is 15.7. The van der Waals surface area contributed by atoms with Crippen molar-refractivity contribution in [3.8, 4) is 0 Å². The zero-order valence-corrected chi connectivity index (χ0v) is 14.0. The van der Waals surface area contributed by atoms with E-state index in [4.69, 9.17) is 64.1 Å². The summed E-state index contributed by atoms with van der Waals surface area (Å²) in [6, 6.07) is 7.43. The van der Waals surface area contributed by atoms with E-state index in [0.29, 0.717) is 0 Å². The molecule has 0 fully saturated rings. The zero-order valence-electron chi connectivity index (χ0n) is 7.81. The second-order valence-corrected chi connectivity index (χ2v) is 24.3. The Balaban J connectivity index is 2.85. The van der Waals surface area contributed by atoms with E-state index in [-0.39, 0.29) is 5.75 Å². The lowest BCUT2D eigenvalue weighted by Gasteiger charge is -2.50. The van der Waals surface area contributed by atoms with Crippen LogP contribution in [-0.4, -0.2) is 0 Å². The lowest BCUT2D eigenvalue weighted by molar-refractivity contribution is 1.35. The number of hydrogen-bond donors (Lipinski definition) is 0. The molecule has 0 radical (unpaired) electrons. The van der Waals surface area contributed by atoms with Crippen molar-refractivity contribution in [3.63, 3.8) is 0 Å². The second kappa shape index (κ2) is 4.64. The van der Waals surface area contributed by atoms with Gasteiger partial charge in [-0.1, -0.05) is 35.2 Å². The van der Waals surface area contributed by atoms with Gasteiger partial charge in [0.05, 0.1) is 0 Å². The first-order valence-corrected chi connectivity index (χ1v) is 12.6. The van der Waals surface area contributed by atoms with E-state index in [9.17, 15) is 0 Å². The SMILES string of the molecule is ClSCc1ccc(CS(Cl)(Cl)(Cl)(Cl)Cl)cc1. The van der Waals surface area contributed by atoms with Crippen LogP contribution in [0.25, 0.3) is 0 Å². The van der Waals surface area contributed by atoms with Crippen LogP contribution >= 0.6 is 79.4 Å². The molecule has 0 amide bonds. The molecule has 0 bridgehead atoms. The third-order valence-electron chi connectivity index (χ3n) is 1.68. The second-order valence-electron chi connectivity index (χ2n) is 3.34. The molecule has 0 saturated heterocycles. The van der Waals surface area contributed by atoms with Gasteiger partial charge < -0.3 is 0 Å². The normalized spacial score (nSPS) is 16.6. The van der Waals surface area contributed by atoms with E-state index < -0.39 is 4.36 Å². The first-order valence-electron chi connectivity index (χ1n) is 4.03. The van der Waals surface area contributed by atoms with Gasteiger partial charge in [0.25, 0.3) is 0 Å². The average molecular weight is 381 g/mol. The molecule has 8 heteroatoms. The van der Waals surface area contributed by atoms with E-state index in [1.54, 1.807) is 0 Å². The minimum absolute atomic E-state index is 0.00206. The molecule has 0 N–H and O–H groups in total. The highest BCUT2D eigenvalue weighted by Gasteiger charge is 2.51. The number of hydrogen-bond acceptors (Lipinski definition) is 1. The lowest BCUT2D eigenvalue weighted by atomic mass is 10.2. The van der Waals surface area contributed by atoms with Gasteiger partial charge in [0.2, 0.25) is 0 Å². The van der Waals surface area contributed by atoms with Crippen LogP contribution in [0, 0.1) is 0 Å². The van der Waals surface area contributed by atoms with Crippen LogP contribution in [0.2, 0.25) is 0 Å². The van der Waals surface area contributed by atoms with Crippen molar-refractivity contribution >= 4 is 79.4 Å². The van der Waals surface area contributed by atoms with Crippen molar-refractivity contribution in [2.24, 2.45) is 0 Å². The minimum Gasteiger partial charge on any atom is -0.0579 e. The summed E-state index contributed by atoms with van der Waals surface area (Å²) in [5.41, 5.74) is 1.86. The number of rotatable bonds is 4. The summed E-state index contributed by atoms with van der Waals surface area (Å²) in [7, 11) is 35.9. The Morgan fingerprint density at radius 2 is 1.31 bits per heavy atom. The summed E-state index contributed by atoms with van der Waals surface area (Å²) >= 11 is 0. The topological polar surface area (TPSA) is 0 Å². The van der Waals surface area contributed by atoms with Crippen LogP contribution < -0.4 is 0 Å². The van der Waals surface area contributed by atoms with E-state index in [2.05, 4.69) is 0 Å². The van der Waals surface area contributed by atoms with Gasteiger partial charge >= 0.3 is 0 Å². The molecule has 1 rings (SSSR count). The standard InChI is InChI=1S/C8H8Cl6S2/c9-15-5-7-1-3-8(4-2-7)6-16(10,11,12,13)14/h1-4H,5-6H2. The molecule has 0 unspecified atom stereocenters. The molecule has 1 aromatic rings. The zero-order chi connectivity index (χ0) is 12.5. The summed E-state index contributed by atoms with van der Waals surface area (Å²) in [6.45, 7) is 0. The quantitative estimate of drug-likeness (QED) is 0.531. The van der Waals surface area contributed by atoms with Crippen LogP contribution in [0.4, 0.5) is 0 Å². The highest BCUT2D eigenvalue weighted by molar-refractivity contribution is 9.23. The Labute approximate surface area is 125 Å². The molecule has 0 aromatic heterocycles. The number of benzene rings is 1. The highest BCUT2D eigenvalue weighted by Crippen LogP contribution is 3.10. The molecular weight excluding hydrogens is 373 g/mol. The van der Waals surface area contributed by atoms with Gasteiger partial charge in [0, 0.05) is 15.9 Å². The van der Waals surface area contributed by atoms with Crippen molar-refractivity contribution in [2.45, 2.75) is 11.5 Å². The molecule has 0 spiro atoms. The van der Waals surface area contributed by atoms with Crippen molar-refractivity contribution in [2.75, 3.05) is 0 Å². The Morgan fingerprint density at radius 1 is 0.875 bits per heavy atom. The van der Waals surface area contributed by atoms with Gasteiger partial charge in [-0.2, -0.15) is 0 Å². The van der Waals surface area contributed by atoms with Crippen LogP contribution in [0.3, 0.4) is 0 Å². The summed E-state index contributed by atoms with van der Waals surface area (Å²) in [5.74, 6) is 0.721. The largest absolute Gasteiger partial charge is 0.0579 e. The van der Waals surface area contributed by atoms with E-state index >= 15 is 0 Å². The molecular formula is C8H8Cl6S2. The van der Waals surface area contributed by atoms with Crippen molar-refractivity contribution in [1.29, 1.82) is 0 Å². The van der Waals surface area contributed by atoms with Crippen LogP contribution in [-0.2, 0) is 11.5 Å². The number of halogens is 6. The van der Waals surface area contributed by atoms with Gasteiger partial charge in [-0.3, -0.25) is 0 Å². The molecule has 0 aliphatic carbocycles. The van der Waals surface area contributed by atoms with E-state index in [1.807, 2.05) is 24.3 Å². The van der Waals surface area contributed by atoms with Gasteiger partial charge in [-0.25, -0.2) is 0 Å². The Hall–Kier alpha value is 1.66. The van der Waals surface area contributed by atoms with Crippen molar-refractivity contribution in [1.82, 2.24) is 0 Å². The molecule has 0 aliphatic rings. The third-order valence-corrected chi connectivity index (χ3v) is 4.97. The van der Waals surface area contributed by atoms with Gasteiger partial charge in [-0.15, -0.1) is 0 Å². The van der Waals surface area contributed by atoms with Crippen LogP contribution in [0.15, 0.2) is 24.3 Å². The van der Waals surface area contributed by atoms with Gasteiger partial charge in [0.15, 0.2) is 0 Å². The maximum absolute atomic E-state index is 5.83. The molecule has 94 valence electrons. The Kier molecular flexibility index (Phi) is 4.56. The van der Waals surface area contributed by atoms with Crippen molar-refractivity contribution < 1.29 is 0 Å². The predicted octanol–water partition coefficient (Wildman–Crippen LogP) is 7.22. The van der Waals surface area contributed by atoms with E-state index in [1.165, 1.54) is 11.0 Å². The molecule has 0 heterocycles. The van der Waals surface area contributed by atoms with Gasteiger partial charge in [0.1, 0.15) is 0 Å². The molecule has 16 heavy (non-hydrogen) atoms. The highest BCUT2D eigenvalue weighted by atomic mass is 36.6. The van der Waals surface area contributed by atoms with Crippen LogP contribution in [0.5, 0.6) is 0 Å². The van der Waals surface area contributed by atoms with Crippen molar-refractivity contribution in [3.05, 3.63) is 35.4 Å². The summed E-state index contributed by atoms with van der Waals surface area (Å²) in [5, 5.41) is 0. The summed E-state index contributed by atoms with van der Waals surface area (Å²) in [4.78, 5) is 0.